The third-order valence-electron chi connectivity index (χ3n) is 3.59. The lowest BCUT2D eigenvalue weighted by molar-refractivity contribution is -0.0464. The van der Waals surface area contributed by atoms with Crippen LogP contribution in [0.5, 0.6) is 5.75 Å². The number of ether oxygens (including phenoxy) is 2. The Labute approximate surface area is 121 Å². The Balaban J connectivity index is 1.78. The number of nitrogens with two attached hydrogens (primary N) is 1. The van der Waals surface area contributed by atoms with E-state index in [9.17, 15) is 0 Å². The van der Waals surface area contributed by atoms with Crippen LogP contribution < -0.4 is 10.5 Å². The normalized spacial score (nSPS) is 21.6. The summed E-state index contributed by atoms with van der Waals surface area (Å²) in [6.07, 6.45) is 1.07. The van der Waals surface area contributed by atoms with Crippen molar-refractivity contribution in [1.82, 2.24) is 4.90 Å². The second-order valence-corrected chi connectivity index (χ2v) is 5.52. The molecule has 2 N–H and O–H groups in total. The van der Waals surface area contributed by atoms with Crippen LogP contribution in [0.1, 0.15) is 19.4 Å². The predicted molar refractivity (Wildman–Crippen MR) is 81.1 cm³/mol. The van der Waals surface area contributed by atoms with Gasteiger partial charge >= 0.3 is 0 Å². The maximum Gasteiger partial charge on any atom is 0.119 e. The van der Waals surface area contributed by atoms with Gasteiger partial charge in [-0.3, -0.25) is 4.90 Å². The van der Waals surface area contributed by atoms with Crippen LogP contribution in [0.4, 0.5) is 0 Å². The number of morpholine rings is 1. The summed E-state index contributed by atoms with van der Waals surface area (Å²) >= 11 is 0. The van der Waals surface area contributed by atoms with Crippen LogP contribution in [0, 0.1) is 0 Å². The number of likely N-dealkylation sites (N-methyl/N-ethyl adjacent to an activating group) is 1. The quantitative estimate of drug-likeness (QED) is 0.860. The first kappa shape index (κ1) is 15.3. The standard InChI is InChI=1S/C16H26N2O2/c1-3-18-8-9-19-16(11-18)12-20-15-6-4-14(5-7-15)10-13(2)17/h4-7,13,16H,3,8-12,17H2,1-2H3. The molecule has 1 aromatic carbocycles. The molecule has 2 rings (SSSR count). The summed E-state index contributed by atoms with van der Waals surface area (Å²) in [5.41, 5.74) is 7.04. The van der Waals surface area contributed by atoms with Crippen molar-refractivity contribution < 1.29 is 9.47 Å². The van der Waals surface area contributed by atoms with Crippen LogP contribution in [-0.2, 0) is 11.2 Å². The number of hydrogen-bond donors (Lipinski definition) is 1. The Morgan fingerprint density at radius 2 is 2.15 bits per heavy atom. The van der Waals surface area contributed by atoms with Crippen LogP contribution in [-0.4, -0.2) is 49.9 Å². The van der Waals surface area contributed by atoms with Gasteiger partial charge in [-0.05, 0) is 37.6 Å². The minimum atomic E-state index is 0.174. The van der Waals surface area contributed by atoms with E-state index in [1.807, 2.05) is 19.1 Å². The third kappa shape index (κ3) is 4.78. The van der Waals surface area contributed by atoms with Gasteiger partial charge in [-0.25, -0.2) is 0 Å². The van der Waals surface area contributed by atoms with Gasteiger partial charge in [0.2, 0.25) is 0 Å². The summed E-state index contributed by atoms with van der Waals surface area (Å²) < 4.78 is 11.5. The van der Waals surface area contributed by atoms with Crippen molar-refractivity contribution in [2.24, 2.45) is 5.73 Å². The Kier molecular flexibility index (Phi) is 5.83. The summed E-state index contributed by atoms with van der Waals surface area (Å²) in [4.78, 5) is 2.39. The van der Waals surface area contributed by atoms with Gasteiger partial charge in [0.15, 0.2) is 0 Å². The summed E-state index contributed by atoms with van der Waals surface area (Å²) in [5, 5.41) is 0. The van der Waals surface area contributed by atoms with Crippen molar-refractivity contribution in [3.8, 4) is 5.75 Å². The first-order valence-corrected chi connectivity index (χ1v) is 7.48. The highest BCUT2D eigenvalue weighted by molar-refractivity contribution is 5.27. The summed E-state index contributed by atoms with van der Waals surface area (Å²) in [6, 6.07) is 8.38. The Morgan fingerprint density at radius 1 is 1.40 bits per heavy atom. The molecule has 4 nitrogen and oxygen atoms in total. The van der Waals surface area contributed by atoms with Crippen LogP contribution in [0.15, 0.2) is 24.3 Å². The second-order valence-electron chi connectivity index (χ2n) is 5.52. The monoisotopic (exact) mass is 278 g/mol. The smallest absolute Gasteiger partial charge is 0.119 e. The topological polar surface area (TPSA) is 47.7 Å². The van der Waals surface area contributed by atoms with Crippen molar-refractivity contribution in [3.63, 3.8) is 0 Å². The molecule has 112 valence electrons. The first-order chi connectivity index (χ1) is 9.67. The maximum atomic E-state index is 5.82. The molecule has 1 aliphatic heterocycles. The van der Waals surface area contributed by atoms with E-state index in [2.05, 4.69) is 24.0 Å². The lowest BCUT2D eigenvalue weighted by Crippen LogP contribution is -2.44. The van der Waals surface area contributed by atoms with E-state index in [0.29, 0.717) is 6.61 Å². The molecule has 0 aromatic heterocycles. The highest BCUT2D eigenvalue weighted by Crippen LogP contribution is 2.14. The van der Waals surface area contributed by atoms with Gasteiger partial charge in [0, 0.05) is 19.1 Å². The molecule has 2 atom stereocenters. The third-order valence-corrected chi connectivity index (χ3v) is 3.59. The minimum absolute atomic E-state index is 0.174. The van der Waals surface area contributed by atoms with Gasteiger partial charge in [0.25, 0.3) is 0 Å². The molecule has 1 heterocycles. The number of hydrogen-bond acceptors (Lipinski definition) is 4. The van der Waals surface area contributed by atoms with Gasteiger partial charge in [0.1, 0.15) is 18.5 Å². The molecule has 0 amide bonds. The molecular formula is C16H26N2O2. The molecule has 0 spiro atoms. The van der Waals surface area contributed by atoms with E-state index in [0.717, 1.165) is 38.4 Å². The highest BCUT2D eigenvalue weighted by atomic mass is 16.5. The zero-order valence-electron chi connectivity index (χ0n) is 12.5. The summed E-state index contributed by atoms with van der Waals surface area (Å²) in [5.74, 6) is 0.899. The fraction of sp³-hybridized carbons (Fsp3) is 0.625. The van der Waals surface area contributed by atoms with Crippen LogP contribution in [0.25, 0.3) is 0 Å². The molecule has 0 bridgehead atoms. The highest BCUT2D eigenvalue weighted by Gasteiger charge is 2.19. The average molecular weight is 278 g/mol. The second kappa shape index (κ2) is 7.62. The summed E-state index contributed by atoms with van der Waals surface area (Å²) in [7, 11) is 0. The van der Waals surface area contributed by atoms with Crippen LogP contribution in [0.3, 0.4) is 0 Å². The van der Waals surface area contributed by atoms with Crippen molar-refractivity contribution in [2.75, 3.05) is 32.8 Å². The van der Waals surface area contributed by atoms with Gasteiger partial charge in [-0.15, -0.1) is 0 Å². The van der Waals surface area contributed by atoms with E-state index >= 15 is 0 Å². The molecule has 20 heavy (non-hydrogen) atoms. The largest absolute Gasteiger partial charge is 0.491 e. The Hall–Kier alpha value is -1.10. The molecule has 1 aromatic rings. The molecule has 0 saturated carbocycles. The van der Waals surface area contributed by atoms with E-state index in [4.69, 9.17) is 15.2 Å². The summed E-state index contributed by atoms with van der Waals surface area (Å²) in [6.45, 7) is 8.67. The van der Waals surface area contributed by atoms with Crippen LogP contribution >= 0.6 is 0 Å². The molecule has 0 aliphatic carbocycles. The van der Waals surface area contributed by atoms with E-state index < -0.39 is 0 Å². The number of rotatable bonds is 6. The van der Waals surface area contributed by atoms with Crippen LogP contribution in [0.2, 0.25) is 0 Å². The molecule has 4 heteroatoms. The average Bonchev–Trinajstić information content (AvgIpc) is 2.46. The SMILES string of the molecule is CCN1CCOC(COc2ccc(CC(C)N)cc2)C1. The lowest BCUT2D eigenvalue weighted by atomic mass is 10.1. The van der Waals surface area contributed by atoms with Gasteiger partial charge < -0.3 is 15.2 Å². The van der Waals surface area contributed by atoms with Gasteiger partial charge in [0.05, 0.1) is 6.61 Å². The predicted octanol–water partition coefficient (Wildman–Crippen LogP) is 1.68. The molecule has 1 saturated heterocycles. The molecule has 0 radical (unpaired) electrons. The zero-order chi connectivity index (χ0) is 14.4. The molecule has 1 fully saturated rings. The van der Waals surface area contributed by atoms with E-state index in [1.165, 1.54) is 5.56 Å². The molecule has 2 unspecified atom stereocenters. The van der Waals surface area contributed by atoms with E-state index in [-0.39, 0.29) is 12.1 Å². The fourth-order valence-electron chi connectivity index (χ4n) is 2.45. The first-order valence-electron chi connectivity index (χ1n) is 7.48. The number of benzene rings is 1. The van der Waals surface area contributed by atoms with Crippen molar-refractivity contribution in [2.45, 2.75) is 32.4 Å². The molecular weight excluding hydrogens is 252 g/mol. The van der Waals surface area contributed by atoms with Crippen molar-refractivity contribution in [1.29, 1.82) is 0 Å². The van der Waals surface area contributed by atoms with Crippen molar-refractivity contribution in [3.05, 3.63) is 29.8 Å². The molecule has 1 aliphatic rings. The Bertz CT molecular complexity index is 392. The van der Waals surface area contributed by atoms with Crippen molar-refractivity contribution >= 4 is 0 Å². The van der Waals surface area contributed by atoms with Gasteiger partial charge in [-0.2, -0.15) is 0 Å². The van der Waals surface area contributed by atoms with Gasteiger partial charge in [-0.1, -0.05) is 19.1 Å². The lowest BCUT2D eigenvalue weighted by Gasteiger charge is -2.31. The Morgan fingerprint density at radius 3 is 2.80 bits per heavy atom. The fourth-order valence-corrected chi connectivity index (χ4v) is 2.45. The van der Waals surface area contributed by atoms with E-state index in [1.54, 1.807) is 0 Å². The minimum Gasteiger partial charge on any atom is -0.491 e. The zero-order valence-corrected chi connectivity index (χ0v) is 12.5. The number of nitrogens with zero attached hydrogens (tertiary/aromatic N) is 1. The maximum absolute atomic E-state index is 5.82.